The second-order valence-electron chi connectivity index (χ2n) is 5.43. The maximum atomic E-state index is 13.2. The SMILES string of the molecule is CC[C@@H](CNC(=S)Nc1ccc(F)c(F)c1)Cc1ccccc1. The molecule has 2 nitrogen and oxygen atoms in total. The van der Waals surface area contributed by atoms with Gasteiger partial charge in [0.1, 0.15) is 0 Å². The Labute approximate surface area is 140 Å². The van der Waals surface area contributed by atoms with Gasteiger partial charge >= 0.3 is 0 Å². The van der Waals surface area contributed by atoms with Crippen molar-refractivity contribution in [1.82, 2.24) is 5.32 Å². The molecule has 0 heterocycles. The smallest absolute Gasteiger partial charge is 0.170 e. The summed E-state index contributed by atoms with van der Waals surface area (Å²) >= 11 is 5.20. The minimum Gasteiger partial charge on any atom is -0.362 e. The lowest BCUT2D eigenvalue weighted by molar-refractivity contribution is 0.498. The summed E-state index contributed by atoms with van der Waals surface area (Å²) in [6.07, 6.45) is 1.99. The van der Waals surface area contributed by atoms with Crippen LogP contribution in [0, 0.1) is 17.6 Å². The molecule has 0 bridgehead atoms. The highest BCUT2D eigenvalue weighted by atomic mass is 32.1. The zero-order valence-electron chi connectivity index (χ0n) is 13.0. The summed E-state index contributed by atoms with van der Waals surface area (Å²) < 4.78 is 26.1. The second-order valence-corrected chi connectivity index (χ2v) is 5.84. The normalized spacial score (nSPS) is 11.8. The summed E-state index contributed by atoms with van der Waals surface area (Å²) in [5.41, 5.74) is 1.72. The average Bonchev–Trinajstić information content (AvgIpc) is 2.56. The molecule has 0 aromatic heterocycles. The lowest BCUT2D eigenvalue weighted by atomic mass is 9.97. The van der Waals surface area contributed by atoms with Crippen LogP contribution in [-0.2, 0) is 6.42 Å². The lowest BCUT2D eigenvalue weighted by Crippen LogP contribution is -2.33. The summed E-state index contributed by atoms with van der Waals surface area (Å²) in [5.74, 6) is -1.32. The van der Waals surface area contributed by atoms with Gasteiger partial charge < -0.3 is 10.6 Å². The molecule has 122 valence electrons. The molecule has 5 heteroatoms. The summed E-state index contributed by atoms with van der Waals surface area (Å²) in [6, 6.07) is 13.9. The molecule has 0 spiro atoms. The highest BCUT2D eigenvalue weighted by molar-refractivity contribution is 7.80. The van der Waals surface area contributed by atoms with E-state index in [1.165, 1.54) is 11.6 Å². The quantitative estimate of drug-likeness (QED) is 0.760. The first-order chi connectivity index (χ1) is 11.1. The Morgan fingerprint density at radius 1 is 1.09 bits per heavy atom. The minimum atomic E-state index is -0.895. The number of halogens is 2. The Morgan fingerprint density at radius 3 is 2.48 bits per heavy atom. The van der Waals surface area contributed by atoms with Crippen LogP contribution in [0.3, 0.4) is 0 Å². The first-order valence-corrected chi connectivity index (χ1v) is 8.03. The molecule has 0 radical (unpaired) electrons. The van der Waals surface area contributed by atoms with Gasteiger partial charge in [0.05, 0.1) is 0 Å². The molecule has 0 aliphatic heterocycles. The van der Waals surface area contributed by atoms with Crippen LogP contribution < -0.4 is 10.6 Å². The van der Waals surface area contributed by atoms with E-state index in [1.54, 1.807) is 0 Å². The number of benzene rings is 2. The molecule has 1 atom stereocenters. The van der Waals surface area contributed by atoms with Gasteiger partial charge in [-0.15, -0.1) is 0 Å². The van der Waals surface area contributed by atoms with Gasteiger partial charge in [-0.25, -0.2) is 8.78 Å². The van der Waals surface area contributed by atoms with Gasteiger partial charge in [0.25, 0.3) is 0 Å². The molecule has 0 unspecified atom stereocenters. The van der Waals surface area contributed by atoms with E-state index in [0.717, 1.165) is 31.5 Å². The number of hydrogen-bond donors (Lipinski definition) is 2. The molecular formula is C18H20F2N2S. The topological polar surface area (TPSA) is 24.1 Å². The molecule has 2 N–H and O–H groups in total. The predicted molar refractivity (Wildman–Crippen MR) is 94.5 cm³/mol. The third-order valence-corrected chi connectivity index (χ3v) is 3.92. The van der Waals surface area contributed by atoms with E-state index in [2.05, 4.69) is 29.7 Å². The Morgan fingerprint density at radius 2 is 1.83 bits per heavy atom. The van der Waals surface area contributed by atoms with Crippen molar-refractivity contribution in [2.75, 3.05) is 11.9 Å². The van der Waals surface area contributed by atoms with E-state index >= 15 is 0 Å². The van der Waals surface area contributed by atoms with Crippen LogP contribution in [0.2, 0.25) is 0 Å². The van der Waals surface area contributed by atoms with E-state index in [4.69, 9.17) is 12.2 Å². The van der Waals surface area contributed by atoms with Crippen LogP contribution in [0.15, 0.2) is 48.5 Å². The zero-order chi connectivity index (χ0) is 16.7. The molecule has 23 heavy (non-hydrogen) atoms. The summed E-state index contributed by atoms with van der Waals surface area (Å²) in [4.78, 5) is 0. The van der Waals surface area contributed by atoms with Gasteiger partial charge in [0.2, 0.25) is 0 Å². The highest BCUT2D eigenvalue weighted by Gasteiger charge is 2.09. The molecule has 0 amide bonds. The number of thiocarbonyl (C=S) groups is 1. The third kappa shape index (κ3) is 5.60. The minimum absolute atomic E-state index is 0.405. The number of hydrogen-bond acceptors (Lipinski definition) is 1. The Kier molecular flexibility index (Phi) is 6.47. The molecule has 0 fully saturated rings. The van der Waals surface area contributed by atoms with Crippen molar-refractivity contribution >= 4 is 23.0 Å². The fourth-order valence-electron chi connectivity index (χ4n) is 2.29. The molecular weight excluding hydrogens is 314 g/mol. The standard InChI is InChI=1S/C18H20F2N2S/c1-2-13(10-14-6-4-3-5-7-14)12-21-18(23)22-15-8-9-16(19)17(20)11-15/h3-9,11,13H,2,10,12H2,1H3,(H2,21,22,23)/t13-/m1/s1. The van der Waals surface area contributed by atoms with Crippen molar-refractivity contribution < 1.29 is 8.78 Å². The number of nitrogens with one attached hydrogen (secondary N) is 2. The van der Waals surface area contributed by atoms with Crippen molar-refractivity contribution in [1.29, 1.82) is 0 Å². The van der Waals surface area contributed by atoms with Crippen molar-refractivity contribution in [3.8, 4) is 0 Å². The van der Waals surface area contributed by atoms with E-state index in [1.807, 2.05) is 18.2 Å². The molecule has 0 saturated heterocycles. The fourth-order valence-corrected chi connectivity index (χ4v) is 2.50. The Balaban J connectivity index is 1.83. The summed E-state index contributed by atoms with van der Waals surface area (Å²) in [7, 11) is 0. The molecule has 0 aliphatic carbocycles. The van der Waals surface area contributed by atoms with Crippen LogP contribution in [0.5, 0.6) is 0 Å². The van der Waals surface area contributed by atoms with Gasteiger partial charge in [0.15, 0.2) is 16.7 Å². The molecule has 2 aromatic rings. The molecule has 0 aliphatic rings. The predicted octanol–water partition coefficient (Wildman–Crippen LogP) is 4.52. The molecule has 0 saturated carbocycles. The van der Waals surface area contributed by atoms with Crippen molar-refractivity contribution in [2.24, 2.45) is 5.92 Å². The van der Waals surface area contributed by atoms with E-state index in [-0.39, 0.29) is 0 Å². The number of anilines is 1. The Hall–Kier alpha value is -2.01. The number of rotatable bonds is 6. The summed E-state index contributed by atoms with van der Waals surface area (Å²) in [5, 5.41) is 6.41. The third-order valence-electron chi connectivity index (χ3n) is 3.67. The van der Waals surface area contributed by atoms with Crippen molar-refractivity contribution in [3.05, 3.63) is 65.7 Å². The highest BCUT2D eigenvalue weighted by Crippen LogP contribution is 2.14. The van der Waals surface area contributed by atoms with Gasteiger partial charge in [-0.3, -0.25) is 0 Å². The average molecular weight is 334 g/mol. The maximum Gasteiger partial charge on any atom is 0.170 e. The van der Waals surface area contributed by atoms with Crippen LogP contribution in [0.4, 0.5) is 14.5 Å². The first-order valence-electron chi connectivity index (χ1n) is 7.62. The van der Waals surface area contributed by atoms with Crippen LogP contribution in [0.1, 0.15) is 18.9 Å². The van der Waals surface area contributed by atoms with E-state index in [0.29, 0.717) is 16.7 Å². The van der Waals surface area contributed by atoms with Gasteiger partial charge in [-0.05, 0) is 42.3 Å². The van der Waals surface area contributed by atoms with E-state index in [9.17, 15) is 8.78 Å². The van der Waals surface area contributed by atoms with Gasteiger partial charge in [-0.2, -0.15) is 0 Å². The van der Waals surface area contributed by atoms with Gasteiger partial charge in [0, 0.05) is 18.3 Å². The maximum absolute atomic E-state index is 13.2. The summed E-state index contributed by atoms with van der Waals surface area (Å²) in [6.45, 7) is 2.86. The van der Waals surface area contributed by atoms with Crippen LogP contribution in [0.25, 0.3) is 0 Å². The zero-order valence-corrected chi connectivity index (χ0v) is 13.8. The van der Waals surface area contributed by atoms with Crippen molar-refractivity contribution in [3.63, 3.8) is 0 Å². The lowest BCUT2D eigenvalue weighted by Gasteiger charge is -2.18. The molecule has 2 rings (SSSR count). The van der Waals surface area contributed by atoms with E-state index < -0.39 is 11.6 Å². The van der Waals surface area contributed by atoms with Crippen molar-refractivity contribution in [2.45, 2.75) is 19.8 Å². The second kappa shape index (κ2) is 8.58. The van der Waals surface area contributed by atoms with Crippen LogP contribution >= 0.6 is 12.2 Å². The monoisotopic (exact) mass is 334 g/mol. The van der Waals surface area contributed by atoms with Gasteiger partial charge in [-0.1, -0.05) is 43.7 Å². The first kappa shape index (κ1) is 17.3. The van der Waals surface area contributed by atoms with Crippen LogP contribution in [-0.4, -0.2) is 11.7 Å². The Bertz CT molecular complexity index is 647. The fraction of sp³-hybridized carbons (Fsp3) is 0.278. The molecule has 2 aromatic carbocycles. The largest absolute Gasteiger partial charge is 0.362 e.